The molecule has 0 saturated carbocycles. The van der Waals surface area contributed by atoms with Crippen LogP contribution in [0.2, 0.25) is 0 Å². The van der Waals surface area contributed by atoms with Crippen LogP contribution in [0.15, 0.2) is 0 Å². The smallest absolute Gasteiger partial charge is 0.226 e. The molecule has 0 aromatic carbocycles. The molecule has 100 valence electrons. The average molecular weight is 255 g/mol. The Hall–Kier alpha value is -1.94. The van der Waals surface area contributed by atoms with E-state index in [1.54, 1.807) is 9.36 Å². The van der Waals surface area contributed by atoms with Crippen molar-refractivity contribution in [1.29, 1.82) is 0 Å². The van der Waals surface area contributed by atoms with Crippen molar-refractivity contribution >= 4 is 0 Å². The number of rotatable bonds is 4. The molecule has 0 aliphatic heterocycles. The van der Waals surface area contributed by atoms with Crippen molar-refractivity contribution in [3.63, 3.8) is 0 Å². The third-order valence-electron chi connectivity index (χ3n) is 2.12. The van der Waals surface area contributed by atoms with E-state index in [4.69, 9.17) is 0 Å². The molecule has 2 heterocycles. The fourth-order valence-electron chi connectivity index (χ4n) is 1.44. The van der Waals surface area contributed by atoms with Crippen LogP contribution in [-0.2, 0) is 13.2 Å². The van der Waals surface area contributed by atoms with Crippen LogP contribution < -0.4 is 0 Å². The lowest BCUT2D eigenvalue weighted by Gasteiger charge is -2.23. The van der Waals surface area contributed by atoms with Gasteiger partial charge in [0.15, 0.2) is 6.67 Å². The van der Waals surface area contributed by atoms with Gasteiger partial charge < -0.3 is 9.96 Å². The molecule has 0 aliphatic rings. The standard InChI is InChI=1S/C8H16N9.H2O/c1-5-15-7(9-11-13-15)8-10-12-14-16(8)6-17(2,3)4;/h5-6H2,1-4H3;1H2/q+1;/p-1. The predicted molar refractivity (Wildman–Crippen MR) is 60.3 cm³/mol. The maximum atomic E-state index is 3.98. The molecule has 0 saturated heterocycles. The fourth-order valence-corrected chi connectivity index (χ4v) is 1.44. The second-order valence-corrected chi connectivity index (χ2v) is 4.75. The zero-order valence-corrected chi connectivity index (χ0v) is 10.9. The molecular formula is C8H17N9O. The van der Waals surface area contributed by atoms with Gasteiger partial charge >= 0.3 is 0 Å². The van der Waals surface area contributed by atoms with Gasteiger partial charge in [0.2, 0.25) is 11.6 Å². The van der Waals surface area contributed by atoms with Gasteiger partial charge in [0.25, 0.3) is 0 Å². The molecule has 10 heteroatoms. The average Bonchev–Trinajstić information content (AvgIpc) is 2.82. The molecule has 0 aliphatic carbocycles. The van der Waals surface area contributed by atoms with Gasteiger partial charge in [-0.3, -0.25) is 0 Å². The first-order valence-electron chi connectivity index (χ1n) is 5.34. The van der Waals surface area contributed by atoms with E-state index in [9.17, 15) is 0 Å². The monoisotopic (exact) mass is 255 g/mol. The molecule has 18 heavy (non-hydrogen) atoms. The minimum absolute atomic E-state index is 0. The summed E-state index contributed by atoms with van der Waals surface area (Å²) in [5, 5.41) is 23.1. The minimum atomic E-state index is 0. The Morgan fingerprint density at radius 1 is 0.944 bits per heavy atom. The number of tetrazole rings is 2. The number of aromatic nitrogens is 8. The van der Waals surface area contributed by atoms with Crippen molar-refractivity contribution in [1.82, 2.24) is 40.4 Å². The van der Waals surface area contributed by atoms with Crippen LogP contribution >= 0.6 is 0 Å². The zero-order chi connectivity index (χ0) is 12.5. The van der Waals surface area contributed by atoms with Crippen molar-refractivity contribution < 1.29 is 9.96 Å². The van der Waals surface area contributed by atoms with Crippen molar-refractivity contribution in [2.75, 3.05) is 21.1 Å². The molecule has 2 aromatic rings. The topological polar surface area (TPSA) is 117 Å². The molecule has 0 bridgehead atoms. The predicted octanol–water partition coefficient (Wildman–Crippen LogP) is -1.17. The third-order valence-corrected chi connectivity index (χ3v) is 2.12. The third kappa shape index (κ3) is 2.84. The summed E-state index contributed by atoms with van der Waals surface area (Å²) in [5.74, 6) is 1.18. The van der Waals surface area contributed by atoms with Crippen LogP contribution in [0.5, 0.6) is 0 Å². The lowest BCUT2D eigenvalue weighted by Crippen LogP contribution is -2.37. The second-order valence-electron chi connectivity index (χ2n) is 4.75. The summed E-state index contributed by atoms with van der Waals surface area (Å²) >= 11 is 0. The van der Waals surface area contributed by atoms with Crippen molar-refractivity contribution in [3.05, 3.63) is 0 Å². The molecule has 10 nitrogen and oxygen atoms in total. The Morgan fingerprint density at radius 2 is 1.44 bits per heavy atom. The molecule has 0 spiro atoms. The Balaban J connectivity index is 0.00000162. The number of nitrogens with zero attached hydrogens (tertiary/aromatic N) is 9. The Labute approximate surface area is 104 Å². The highest BCUT2D eigenvalue weighted by Crippen LogP contribution is 2.11. The Bertz CT molecular complexity index is 497. The van der Waals surface area contributed by atoms with Gasteiger partial charge in [-0.2, -0.15) is 4.68 Å². The van der Waals surface area contributed by atoms with Gasteiger partial charge in [0, 0.05) is 6.54 Å². The Morgan fingerprint density at radius 3 is 1.94 bits per heavy atom. The molecule has 0 fully saturated rings. The highest BCUT2D eigenvalue weighted by Gasteiger charge is 2.19. The van der Waals surface area contributed by atoms with E-state index in [0.717, 1.165) is 0 Å². The summed E-state index contributed by atoms with van der Waals surface area (Å²) in [4.78, 5) is 0. The summed E-state index contributed by atoms with van der Waals surface area (Å²) < 4.78 is 4.08. The summed E-state index contributed by atoms with van der Waals surface area (Å²) in [6.07, 6.45) is 0. The van der Waals surface area contributed by atoms with Crippen molar-refractivity contribution in [2.24, 2.45) is 0 Å². The first-order chi connectivity index (χ1) is 8.01. The molecule has 1 N–H and O–H groups in total. The largest absolute Gasteiger partial charge is 0.870 e. The van der Waals surface area contributed by atoms with E-state index in [0.29, 0.717) is 29.3 Å². The molecule has 0 unspecified atom stereocenters. The molecule has 2 rings (SSSR count). The van der Waals surface area contributed by atoms with Crippen LogP contribution in [0.4, 0.5) is 0 Å². The number of quaternary nitrogens is 1. The summed E-state index contributed by atoms with van der Waals surface area (Å²) in [7, 11) is 6.19. The quantitative estimate of drug-likeness (QED) is 0.632. The first-order valence-corrected chi connectivity index (χ1v) is 5.34. The van der Waals surface area contributed by atoms with Crippen molar-refractivity contribution in [3.8, 4) is 11.6 Å². The van der Waals surface area contributed by atoms with Gasteiger partial charge in [-0.15, -0.1) is 10.2 Å². The van der Waals surface area contributed by atoms with E-state index in [1.165, 1.54) is 0 Å². The molecule has 2 aromatic heterocycles. The van der Waals surface area contributed by atoms with Gasteiger partial charge in [-0.25, -0.2) is 4.68 Å². The SMILES string of the molecule is CCn1nnnc1-c1nnnn1C[N+](C)(C)C.[OH-]. The van der Waals surface area contributed by atoms with E-state index >= 15 is 0 Å². The molecule has 0 amide bonds. The summed E-state index contributed by atoms with van der Waals surface area (Å²) in [5.41, 5.74) is 0. The first kappa shape index (κ1) is 14.1. The lowest BCUT2D eigenvalue weighted by molar-refractivity contribution is -0.893. The van der Waals surface area contributed by atoms with Crippen molar-refractivity contribution in [2.45, 2.75) is 20.1 Å². The van der Waals surface area contributed by atoms with Crippen LogP contribution in [0.3, 0.4) is 0 Å². The van der Waals surface area contributed by atoms with E-state index < -0.39 is 0 Å². The minimum Gasteiger partial charge on any atom is -0.870 e. The number of hydrogen-bond donors (Lipinski definition) is 0. The number of aryl methyl sites for hydroxylation is 1. The number of hydrogen-bond acceptors (Lipinski definition) is 7. The molecular weight excluding hydrogens is 238 g/mol. The van der Waals surface area contributed by atoms with Crippen LogP contribution in [0.1, 0.15) is 6.92 Å². The van der Waals surface area contributed by atoms with Crippen LogP contribution in [-0.4, -0.2) is 71.5 Å². The van der Waals surface area contributed by atoms with Crippen LogP contribution in [0, 0.1) is 0 Å². The normalized spacial score (nSPS) is 11.3. The molecule has 0 atom stereocenters. The van der Waals surface area contributed by atoms with Gasteiger partial charge in [-0.05, 0) is 27.8 Å². The van der Waals surface area contributed by atoms with Gasteiger partial charge in [-0.1, -0.05) is 0 Å². The second kappa shape index (κ2) is 5.14. The zero-order valence-electron chi connectivity index (χ0n) is 10.9. The highest BCUT2D eigenvalue weighted by molar-refractivity contribution is 5.40. The maximum absolute atomic E-state index is 3.98. The Kier molecular flexibility index (Phi) is 4.03. The maximum Gasteiger partial charge on any atom is 0.226 e. The summed E-state index contributed by atoms with van der Waals surface area (Å²) in [6.45, 7) is 3.30. The van der Waals surface area contributed by atoms with E-state index in [1.807, 2.05) is 6.92 Å². The molecule has 0 radical (unpaired) electrons. The van der Waals surface area contributed by atoms with Gasteiger partial charge in [0.05, 0.1) is 21.1 Å². The van der Waals surface area contributed by atoms with Gasteiger partial charge in [0.1, 0.15) is 0 Å². The fraction of sp³-hybridized carbons (Fsp3) is 0.750. The summed E-state index contributed by atoms with van der Waals surface area (Å²) in [6, 6.07) is 0. The lowest BCUT2D eigenvalue weighted by atomic mass is 10.5. The van der Waals surface area contributed by atoms with Crippen LogP contribution in [0.25, 0.3) is 11.6 Å². The van der Waals surface area contributed by atoms with E-state index in [-0.39, 0.29) is 5.48 Å². The highest BCUT2D eigenvalue weighted by atomic mass is 16.0. The van der Waals surface area contributed by atoms with E-state index in [2.05, 4.69) is 52.2 Å².